The summed E-state index contributed by atoms with van der Waals surface area (Å²) < 4.78 is 0. The number of rotatable bonds is 3. The molecule has 4 rings (SSSR count). The predicted molar refractivity (Wildman–Crippen MR) is 102 cm³/mol. The highest BCUT2D eigenvalue weighted by molar-refractivity contribution is 6.30. The highest BCUT2D eigenvalue weighted by Crippen LogP contribution is 2.41. The van der Waals surface area contributed by atoms with E-state index in [9.17, 15) is 14.7 Å². The minimum Gasteiger partial charge on any atom is -0.392 e. The van der Waals surface area contributed by atoms with Gasteiger partial charge in [-0.3, -0.25) is 9.59 Å². The van der Waals surface area contributed by atoms with Gasteiger partial charge in [0, 0.05) is 49.6 Å². The molecule has 6 nitrogen and oxygen atoms in total. The Kier molecular flexibility index (Phi) is 5.14. The first-order valence-electron chi connectivity index (χ1n) is 9.67. The molecule has 3 heterocycles. The number of aliphatic hydroxyl groups is 1. The molecule has 1 spiro atoms. The van der Waals surface area contributed by atoms with Crippen LogP contribution in [0.3, 0.4) is 0 Å². The van der Waals surface area contributed by atoms with Gasteiger partial charge < -0.3 is 20.2 Å². The zero-order valence-electron chi connectivity index (χ0n) is 15.4. The van der Waals surface area contributed by atoms with Gasteiger partial charge in [-0.15, -0.1) is 0 Å². The van der Waals surface area contributed by atoms with Gasteiger partial charge in [-0.2, -0.15) is 0 Å². The highest BCUT2D eigenvalue weighted by atomic mass is 35.5. The van der Waals surface area contributed by atoms with Gasteiger partial charge in [-0.25, -0.2) is 0 Å². The van der Waals surface area contributed by atoms with Crippen molar-refractivity contribution in [2.45, 2.75) is 44.4 Å². The lowest BCUT2D eigenvalue weighted by Gasteiger charge is -2.39. The lowest BCUT2D eigenvalue weighted by atomic mass is 9.77. The van der Waals surface area contributed by atoms with Gasteiger partial charge in [0.2, 0.25) is 11.8 Å². The average Bonchev–Trinajstić information content (AvgIpc) is 3.21. The summed E-state index contributed by atoms with van der Waals surface area (Å²) in [5.74, 6) is 0.286. The quantitative estimate of drug-likeness (QED) is 0.817. The van der Waals surface area contributed by atoms with Gasteiger partial charge in [-0.05, 0) is 37.0 Å². The Morgan fingerprint density at radius 3 is 2.59 bits per heavy atom. The highest BCUT2D eigenvalue weighted by Gasteiger charge is 2.46. The fourth-order valence-electron chi connectivity index (χ4n) is 4.60. The number of hydrogen-bond acceptors (Lipinski definition) is 4. The van der Waals surface area contributed by atoms with Crippen LogP contribution in [0.1, 0.15) is 31.2 Å². The first-order valence-corrected chi connectivity index (χ1v) is 10.0. The molecule has 0 unspecified atom stereocenters. The van der Waals surface area contributed by atoms with Crippen molar-refractivity contribution in [3.05, 3.63) is 34.9 Å². The largest absolute Gasteiger partial charge is 0.392 e. The zero-order chi connectivity index (χ0) is 19.0. The third-order valence-electron chi connectivity index (χ3n) is 6.23. The van der Waals surface area contributed by atoms with Crippen LogP contribution in [0, 0.1) is 5.41 Å². The maximum atomic E-state index is 12.6. The number of halogens is 1. The molecule has 1 aromatic rings. The van der Waals surface area contributed by atoms with Gasteiger partial charge in [0.15, 0.2) is 0 Å². The van der Waals surface area contributed by atoms with Crippen LogP contribution in [0.25, 0.3) is 0 Å². The topological polar surface area (TPSA) is 72.9 Å². The fraction of sp³-hybridized carbons (Fsp3) is 0.600. The molecule has 0 saturated carbocycles. The molecule has 3 saturated heterocycles. The van der Waals surface area contributed by atoms with E-state index in [0.29, 0.717) is 44.0 Å². The van der Waals surface area contributed by atoms with Crippen LogP contribution in [0.4, 0.5) is 0 Å². The number of likely N-dealkylation sites (tertiary alicyclic amines) is 2. The van der Waals surface area contributed by atoms with Gasteiger partial charge in [-0.1, -0.05) is 23.7 Å². The number of carbonyl (C=O) groups excluding carboxylic acids is 2. The van der Waals surface area contributed by atoms with Crippen LogP contribution in [-0.2, 0) is 16.1 Å². The summed E-state index contributed by atoms with van der Waals surface area (Å²) in [5, 5.41) is 13.4. The van der Waals surface area contributed by atoms with Crippen molar-refractivity contribution in [1.29, 1.82) is 0 Å². The second-order valence-corrected chi connectivity index (χ2v) is 8.67. The van der Waals surface area contributed by atoms with E-state index < -0.39 is 6.10 Å². The number of benzene rings is 1. The minimum atomic E-state index is -0.427. The van der Waals surface area contributed by atoms with Crippen molar-refractivity contribution in [1.82, 2.24) is 15.1 Å². The van der Waals surface area contributed by atoms with Crippen molar-refractivity contribution in [2.24, 2.45) is 5.41 Å². The third kappa shape index (κ3) is 3.98. The Morgan fingerprint density at radius 2 is 1.96 bits per heavy atom. The van der Waals surface area contributed by atoms with Gasteiger partial charge in [0.1, 0.15) is 0 Å². The van der Waals surface area contributed by atoms with Crippen LogP contribution in [-0.4, -0.2) is 65.0 Å². The van der Waals surface area contributed by atoms with Gasteiger partial charge >= 0.3 is 0 Å². The van der Waals surface area contributed by atoms with Crippen LogP contribution < -0.4 is 5.32 Å². The zero-order valence-corrected chi connectivity index (χ0v) is 16.1. The second kappa shape index (κ2) is 7.41. The monoisotopic (exact) mass is 391 g/mol. The molecule has 0 radical (unpaired) electrons. The second-order valence-electron chi connectivity index (χ2n) is 8.23. The SMILES string of the molecule is O=C1CC2(CCN(C(=O)[C@@H]3C[C@@H](O)CN3)CC2)CN1Cc1ccc(Cl)cc1. The van der Waals surface area contributed by atoms with Gasteiger partial charge in [0.05, 0.1) is 12.1 Å². The molecule has 1 aromatic carbocycles. The Bertz CT molecular complexity index is 716. The van der Waals surface area contributed by atoms with Crippen molar-refractivity contribution in [3.8, 4) is 0 Å². The molecule has 0 aromatic heterocycles. The Balaban J connectivity index is 1.33. The van der Waals surface area contributed by atoms with Crippen LogP contribution in [0.5, 0.6) is 0 Å². The summed E-state index contributed by atoms with van der Waals surface area (Å²) in [4.78, 5) is 29.0. The summed E-state index contributed by atoms with van der Waals surface area (Å²) in [7, 11) is 0. The van der Waals surface area contributed by atoms with E-state index in [1.165, 1.54) is 0 Å². The molecule has 0 aliphatic carbocycles. The number of hydrogen-bond donors (Lipinski definition) is 2. The molecule has 3 fully saturated rings. The summed E-state index contributed by atoms with van der Waals surface area (Å²) >= 11 is 5.94. The molecular formula is C20H26ClN3O3. The predicted octanol–water partition coefficient (Wildman–Crippen LogP) is 1.40. The molecule has 146 valence electrons. The molecule has 2 amide bonds. The number of carbonyl (C=O) groups is 2. The van der Waals surface area contributed by atoms with Gasteiger partial charge in [0.25, 0.3) is 0 Å². The molecule has 7 heteroatoms. The molecule has 0 bridgehead atoms. The molecule has 2 N–H and O–H groups in total. The standard InChI is InChI=1S/C20H26ClN3O3/c21-15-3-1-14(2-4-15)12-24-13-20(10-18(24)26)5-7-23(8-6-20)19(27)17-9-16(25)11-22-17/h1-4,16-17,22,25H,5-13H2/t16-,17+/m1/s1. The van der Waals surface area contributed by atoms with Crippen molar-refractivity contribution in [3.63, 3.8) is 0 Å². The number of amides is 2. The number of nitrogens with zero attached hydrogens (tertiary/aromatic N) is 2. The third-order valence-corrected chi connectivity index (χ3v) is 6.49. The smallest absolute Gasteiger partial charge is 0.239 e. The molecule has 3 aliphatic rings. The van der Waals surface area contributed by atoms with Crippen molar-refractivity contribution in [2.75, 3.05) is 26.2 Å². The number of β-amino-alcohol motifs (C(OH)–C–C–N with tert-alkyl or cyclic N) is 1. The molecule has 27 heavy (non-hydrogen) atoms. The van der Waals surface area contributed by atoms with Crippen molar-refractivity contribution < 1.29 is 14.7 Å². The molecule has 3 aliphatic heterocycles. The minimum absolute atomic E-state index is 0.0110. The summed E-state index contributed by atoms with van der Waals surface area (Å²) in [6.07, 6.45) is 2.36. The lowest BCUT2D eigenvalue weighted by Crippen LogP contribution is -2.49. The first-order chi connectivity index (χ1) is 12.9. The first kappa shape index (κ1) is 18.7. The number of aliphatic hydroxyl groups excluding tert-OH is 1. The normalized spacial score (nSPS) is 27.6. The maximum Gasteiger partial charge on any atom is 0.239 e. The summed E-state index contributed by atoms with van der Waals surface area (Å²) in [6.45, 7) is 3.24. The fourth-order valence-corrected chi connectivity index (χ4v) is 4.72. The Morgan fingerprint density at radius 1 is 1.26 bits per heavy atom. The van der Waals surface area contributed by atoms with E-state index >= 15 is 0 Å². The van der Waals surface area contributed by atoms with Crippen LogP contribution >= 0.6 is 11.6 Å². The Hall–Kier alpha value is -1.63. The Labute approximate surface area is 164 Å². The van der Waals surface area contributed by atoms with E-state index in [1.807, 2.05) is 34.1 Å². The maximum absolute atomic E-state index is 12.6. The number of nitrogens with one attached hydrogen (secondary N) is 1. The van der Waals surface area contributed by atoms with E-state index in [0.717, 1.165) is 24.9 Å². The van der Waals surface area contributed by atoms with E-state index in [4.69, 9.17) is 11.6 Å². The summed E-state index contributed by atoms with van der Waals surface area (Å²) in [6, 6.07) is 7.37. The van der Waals surface area contributed by atoms with E-state index in [1.54, 1.807) is 0 Å². The number of piperidine rings is 1. The molecule has 2 atom stereocenters. The van der Waals surface area contributed by atoms with Crippen LogP contribution in [0.15, 0.2) is 24.3 Å². The molecular weight excluding hydrogens is 366 g/mol. The van der Waals surface area contributed by atoms with Crippen LogP contribution in [0.2, 0.25) is 5.02 Å². The lowest BCUT2D eigenvalue weighted by molar-refractivity contribution is -0.135. The van der Waals surface area contributed by atoms with E-state index in [2.05, 4.69) is 5.32 Å². The summed E-state index contributed by atoms with van der Waals surface area (Å²) in [5.41, 5.74) is 1.08. The van der Waals surface area contributed by atoms with Crippen molar-refractivity contribution >= 4 is 23.4 Å². The van der Waals surface area contributed by atoms with E-state index in [-0.39, 0.29) is 23.3 Å². The average molecular weight is 392 g/mol.